The van der Waals surface area contributed by atoms with Crippen LogP contribution >= 0.6 is 0 Å². The molecule has 0 heterocycles. The van der Waals surface area contributed by atoms with Crippen molar-refractivity contribution >= 4 is 23.6 Å². The maximum Gasteiger partial charge on any atom is 0.255 e. The normalized spacial score (nSPS) is 21.8. The van der Waals surface area contributed by atoms with Gasteiger partial charge in [0.15, 0.2) is 5.60 Å². The molecule has 0 radical (unpaired) electrons. The van der Waals surface area contributed by atoms with Crippen molar-refractivity contribution in [3.8, 4) is 0 Å². The lowest BCUT2D eigenvalue weighted by molar-refractivity contribution is -0.138. The van der Waals surface area contributed by atoms with E-state index >= 15 is 0 Å². The number of fused-ring (bicyclic) bond motifs is 1. The van der Waals surface area contributed by atoms with E-state index in [0.717, 1.165) is 11.1 Å². The molecule has 2 aromatic rings. The van der Waals surface area contributed by atoms with E-state index in [1.807, 2.05) is 18.2 Å². The number of nitrogens with one attached hydrogen (secondary N) is 1. The highest BCUT2D eigenvalue weighted by Gasteiger charge is 2.46. The van der Waals surface area contributed by atoms with E-state index in [9.17, 15) is 14.7 Å². The fourth-order valence-corrected chi connectivity index (χ4v) is 3.11. The van der Waals surface area contributed by atoms with Crippen LogP contribution in [0.5, 0.6) is 0 Å². The van der Waals surface area contributed by atoms with Gasteiger partial charge in [0.05, 0.1) is 0 Å². The molecule has 2 atom stereocenters. The van der Waals surface area contributed by atoms with Crippen LogP contribution < -0.4 is 11.1 Å². The standard InChI is InChI=1S/C19H18N2O3/c1-12(22)21-15-9-6-14(7-10-15)17-11-8-13-4-2-3-5-16(13)19(17,24)18(20)23/h2-11,17,24H,1H3,(H2,20,23)(H,21,22). The lowest BCUT2D eigenvalue weighted by Gasteiger charge is -2.36. The minimum atomic E-state index is -1.82. The number of nitrogens with two attached hydrogens (primary N) is 1. The zero-order chi connectivity index (χ0) is 17.3. The second-order valence-electron chi connectivity index (χ2n) is 5.86. The van der Waals surface area contributed by atoms with Crippen LogP contribution in [-0.2, 0) is 15.2 Å². The van der Waals surface area contributed by atoms with Gasteiger partial charge in [-0.05, 0) is 23.3 Å². The highest BCUT2D eigenvalue weighted by molar-refractivity contribution is 5.90. The van der Waals surface area contributed by atoms with Gasteiger partial charge in [0, 0.05) is 24.1 Å². The Kier molecular flexibility index (Phi) is 3.95. The number of aliphatic hydroxyl groups is 1. The summed E-state index contributed by atoms with van der Waals surface area (Å²) in [7, 11) is 0. The Bertz CT molecular complexity index is 827. The van der Waals surface area contributed by atoms with Crippen molar-refractivity contribution < 1.29 is 14.7 Å². The monoisotopic (exact) mass is 322 g/mol. The zero-order valence-electron chi connectivity index (χ0n) is 13.2. The van der Waals surface area contributed by atoms with Crippen molar-refractivity contribution in [2.45, 2.75) is 18.4 Å². The van der Waals surface area contributed by atoms with Gasteiger partial charge < -0.3 is 16.2 Å². The molecule has 0 saturated heterocycles. The minimum absolute atomic E-state index is 0.164. The summed E-state index contributed by atoms with van der Waals surface area (Å²) >= 11 is 0. The average Bonchev–Trinajstić information content (AvgIpc) is 2.56. The topological polar surface area (TPSA) is 92.4 Å². The second-order valence-corrected chi connectivity index (χ2v) is 5.86. The van der Waals surface area contributed by atoms with E-state index < -0.39 is 17.4 Å². The summed E-state index contributed by atoms with van der Waals surface area (Å²) in [4.78, 5) is 23.2. The number of hydrogen-bond acceptors (Lipinski definition) is 3. The van der Waals surface area contributed by atoms with Gasteiger partial charge in [-0.1, -0.05) is 48.6 Å². The lowest BCUT2D eigenvalue weighted by Crippen LogP contribution is -2.47. The van der Waals surface area contributed by atoms with Gasteiger partial charge in [0.2, 0.25) is 5.91 Å². The Balaban J connectivity index is 2.04. The first-order chi connectivity index (χ1) is 11.4. The number of hydrogen-bond donors (Lipinski definition) is 3. The molecule has 0 spiro atoms. The highest BCUT2D eigenvalue weighted by Crippen LogP contribution is 2.43. The molecule has 4 N–H and O–H groups in total. The first-order valence-corrected chi connectivity index (χ1v) is 7.60. The molecular weight excluding hydrogens is 304 g/mol. The van der Waals surface area contributed by atoms with E-state index in [1.54, 1.807) is 42.5 Å². The molecule has 0 aliphatic heterocycles. The summed E-state index contributed by atoms with van der Waals surface area (Å²) in [6.07, 6.45) is 3.65. The van der Waals surface area contributed by atoms with E-state index in [4.69, 9.17) is 5.73 Å². The van der Waals surface area contributed by atoms with Crippen LogP contribution in [0, 0.1) is 0 Å². The number of benzene rings is 2. The molecule has 5 heteroatoms. The van der Waals surface area contributed by atoms with Crippen LogP contribution in [0.1, 0.15) is 29.5 Å². The van der Waals surface area contributed by atoms with E-state index in [2.05, 4.69) is 5.32 Å². The number of carbonyl (C=O) groups excluding carboxylic acids is 2. The maximum absolute atomic E-state index is 12.1. The maximum atomic E-state index is 12.1. The average molecular weight is 322 g/mol. The summed E-state index contributed by atoms with van der Waals surface area (Å²) in [6, 6.07) is 14.1. The van der Waals surface area contributed by atoms with E-state index in [1.165, 1.54) is 6.92 Å². The minimum Gasteiger partial charge on any atom is -0.375 e. The smallest absolute Gasteiger partial charge is 0.255 e. The van der Waals surface area contributed by atoms with Crippen LogP contribution in [0.2, 0.25) is 0 Å². The molecule has 1 aliphatic carbocycles. The number of anilines is 1. The first kappa shape index (κ1) is 16.0. The number of rotatable bonds is 3. The molecule has 2 aromatic carbocycles. The molecule has 3 rings (SSSR count). The fourth-order valence-electron chi connectivity index (χ4n) is 3.11. The van der Waals surface area contributed by atoms with Gasteiger partial charge in [-0.25, -0.2) is 0 Å². The summed E-state index contributed by atoms with van der Waals surface area (Å²) in [5, 5.41) is 13.8. The second kappa shape index (κ2) is 5.94. The van der Waals surface area contributed by atoms with Crippen LogP contribution in [0.15, 0.2) is 54.6 Å². The first-order valence-electron chi connectivity index (χ1n) is 7.60. The Morgan fingerprint density at radius 3 is 2.42 bits per heavy atom. The van der Waals surface area contributed by atoms with Crippen molar-refractivity contribution in [2.75, 3.05) is 5.32 Å². The Hall–Kier alpha value is -2.92. The van der Waals surface area contributed by atoms with E-state index in [0.29, 0.717) is 11.3 Å². The third kappa shape index (κ3) is 2.59. The van der Waals surface area contributed by atoms with Crippen molar-refractivity contribution in [3.05, 3.63) is 71.3 Å². The molecule has 24 heavy (non-hydrogen) atoms. The Labute approximate surface area is 139 Å². The van der Waals surface area contributed by atoms with Gasteiger partial charge in [0.1, 0.15) is 0 Å². The number of carbonyl (C=O) groups is 2. The van der Waals surface area contributed by atoms with Crippen molar-refractivity contribution in [1.29, 1.82) is 0 Å². The third-order valence-electron chi connectivity index (χ3n) is 4.26. The van der Waals surface area contributed by atoms with Crippen molar-refractivity contribution in [1.82, 2.24) is 0 Å². The van der Waals surface area contributed by atoms with Crippen LogP contribution in [-0.4, -0.2) is 16.9 Å². The Morgan fingerprint density at radius 2 is 1.79 bits per heavy atom. The van der Waals surface area contributed by atoms with Crippen LogP contribution in [0.4, 0.5) is 5.69 Å². The van der Waals surface area contributed by atoms with Gasteiger partial charge in [0.25, 0.3) is 5.91 Å². The van der Waals surface area contributed by atoms with Crippen molar-refractivity contribution in [3.63, 3.8) is 0 Å². The van der Waals surface area contributed by atoms with Gasteiger partial charge in [-0.15, -0.1) is 0 Å². The number of primary amides is 1. The Morgan fingerprint density at radius 1 is 1.12 bits per heavy atom. The molecule has 5 nitrogen and oxygen atoms in total. The lowest BCUT2D eigenvalue weighted by atomic mass is 9.72. The summed E-state index contributed by atoms with van der Waals surface area (Å²) in [6.45, 7) is 1.43. The van der Waals surface area contributed by atoms with Gasteiger partial charge in [-0.3, -0.25) is 9.59 Å². The predicted molar refractivity (Wildman–Crippen MR) is 92.1 cm³/mol. The van der Waals surface area contributed by atoms with Gasteiger partial charge in [-0.2, -0.15) is 0 Å². The van der Waals surface area contributed by atoms with E-state index in [-0.39, 0.29) is 5.91 Å². The third-order valence-corrected chi connectivity index (χ3v) is 4.26. The molecule has 2 amide bonds. The molecule has 2 unspecified atom stereocenters. The quantitative estimate of drug-likeness (QED) is 0.808. The highest BCUT2D eigenvalue weighted by atomic mass is 16.3. The summed E-state index contributed by atoms with van der Waals surface area (Å²) < 4.78 is 0. The van der Waals surface area contributed by atoms with Gasteiger partial charge >= 0.3 is 0 Å². The molecule has 0 fully saturated rings. The summed E-state index contributed by atoms with van der Waals surface area (Å²) in [5.41, 5.74) is 6.39. The fraction of sp³-hybridized carbons (Fsp3) is 0.158. The molecule has 0 saturated carbocycles. The molecule has 0 bridgehead atoms. The molecule has 1 aliphatic rings. The SMILES string of the molecule is CC(=O)Nc1ccc(C2C=Cc3ccccc3C2(O)C(N)=O)cc1. The zero-order valence-corrected chi connectivity index (χ0v) is 13.2. The molecule has 122 valence electrons. The predicted octanol–water partition coefficient (Wildman–Crippen LogP) is 2.13. The van der Waals surface area contributed by atoms with Crippen LogP contribution in [0.3, 0.4) is 0 Å². The van der Waals surface area contributed by atoms with Crippen molar-refractivity contribution in [2.24, 2.45) is 5.73 Å². The summed E-state index contributed by atoms with van der Waals surface area (Å²) in [5.74, 6) is -1.56. The molecular formula is C19H18N2O3. The molecule has 0 aromatic heterocycles. The number of amides is 2. The van der Waals surface area contributed by atoms with Crippen LogP contribution in [0.25, 0.3) is 6.08 Å². The largest absolute Gasteiger partial charge is 0.375 e.